The number of carbonyl (C=O) groups is 1. The van der Waals surface area contributed by atoms with E-state index >= 15 is 0 Å². The van der Waals surface area contributed by atoms with Crippen LogP contribution in [0.1, 0.15) is 6.42 Å². The fraction of sp³-hybridized carbons (Fsp3) is 0.500. The van der Waals surface area contributed by atoms with Crippen LogP contribution in [0.5, 0.6) is 5.75 Å². The van der Waals surface area contributed by atoms with Crippen molar-refractivity contribution < 1.29 is 19.0 Å². The van der Waals surface area contributed by atoms with Crippen LogP contribution in [-0.2, 0) is 4.79 Å². The number of ether oxygens (including phenoxy) is 1. The van der Waals surface area contributed by atoms with Crippen molar-refractivity contribution in [1.82, 2.24) is 4.90 Å². The van der Waals surface area contributed by atoms with Gasteiger partial charge in [-0.3, -0.25) is 4.79 Å². The Morgan fingerprint density at radius 2 is 2.15 bits per heavy atom. The summed E-state index contributed by atoms with van der Waals surface area (Å²) in [5.41, 5.74) is 0. The average Bonchev–Trinajstić information content (AvgIpc) is 2.41. The van der Waals surface area contributed by atoms with E-state index in [2.05, 4.69) is 0 Å². The van der Waals surface area contributed by atoms with Gasteiger partial charge in [0.2, 0.25) is 0 Å². The van der Waals surface area contributed by atoms with Gasteiger partial charge in [-0.05, 0) is 42.7 Å². The van der Waals surface area contributed by atoms with Crippen molar-refractivity contribution in [3.8, 4) is 5.75 Å². The van der Waals surface area contributed by atoms with E-state index in [-0.39, 0.29) is 17.8 Å². The van der Waals surface area contributed by atoms with Crippen LogP contribution < -0.4 is 4.74 Å². The summed E-state index contributed by atoms with van der Waals surface area (Å²) >= 11 is 1.60. The lowest BCUT2D eigenvalue weighted by atomic mass is 10.1. The molecule has 0 bridgehead atoms. The zero-order chi connectivity index (χ0) is 14.5. The van der Waals surface area contributed by atoms with Crippen molar-refractivity contribution in [2.45, 2.75) is 18.6 Å². The maximum atomic E-state index is 12.7. The largest absolute Gasteiger partial charge is 0.487 e. The predicted octanol–water partition coefficient (Wildman–Crippen LogP) is 1.53. The van der Waals surface area contributed by atoms with Gasteiger partial charge in [-0.15, -0.1) is 0 Å². The fourth-order valence-corrected chi connectivity index (χ4v) is 2.42. The number of nitrogens with zero attached hydrogens (tertiary/aromatic N) is 1. The minimum Gasteiger partial charge on any atom is -0.487 e. The Hall–Kier alpha value is -1.27. The minimum atomic E-state index is -0.922. The van der Waals surface area contributed by atoms with Gasteiger partial charge in [0.1, 0.15) is 23.8 Å². The molecule has 1 saturated heterocycles. The van der Waals surface area contributed by atoms with Crippen molar-refractivity contribution in [2.75, 3.05) is 25.1 Å². The molecule has 1 fully saturated rings. The van der Waals surface area contributed by atoms with Gasteiger partial charge in [0, 0.05) is 0 Å². The summed E-state index contributed by atoms with van der Waals surface area (Å²) in [6.45, 7) is 0.930. The summed E-state index contributed by atoms with van der Waals surface area (Å²) < 4.78 is 18.3. The van der Waals surface area contributed by atoms with E-state index in [0.29, 0.717) is 25.3 Å². The highest BCUT2D eigenvalue weighted by molar-refractivity contribution is 7.98. The van der Waals surface area contributed by atoms with Crippen molar-refractivity contribution in [2.24, 2.45) is 0 Å². The molecule has 1 aromatic rings. The van der Waals surface area contributed by atoms with E-state index in [1.807, 2.05) is 6.26 Å². The van der Waals surface area contributed by atoms with Crippen LogP contribution in [0.2, 0.25) is 0 Å². The summed E-state index contributed by atoms with van der Waals surface area (Å²) in [4.78, 5) is 13.4. The first-order valence-corrected chi connectivity index (χ1v) is 7.87. The van der Waals surface area contributed by atoms with Crippen LogP contribution in [0.15, 0.2) is 24.3 Å². The number of amides is 1. The summed E-state index contributed by atoms with van der Waals surface area (Å²) in [5.74, 6) is 0.806. The lowest BCUT2D eigenvalue weighted by Gasteiger charge is -2.39. The summed E-state index contributed by atoms with van der Waals surface area (Å²) in [7, 11) is 0. The smallest absolute Gasteiger partial charge is 0.251 e. The Labute approximate surface area is 121 Å². The second-order valence-corrected chi connectivity index (χ2v) is 5.72. The second-order valence-electron chi connectivity index (χ2n) is 4.73. The second kappa shape index (κ2) is 6.95. The Kier molecular flexibility index (Phi) is 5.25. The maximum absolute atomic E-state index is 12.7. The molecule has 1 N–H and O–H groups in total. The highest BCUT2D eigenvalue weighted by Crippen LogP contribution is 2.19. The molecule has 2 rings (SSSR count). The number of hydrogen-bond acceptors (Lipinski definition) is 4. The Morgan fingerprint density at radius 3 is 2.75 bits per heavy atom. The third-order valence-corrected chi connectivity index (χ3v) is 3.80. The molecule has 0 unspecified atom stereocenters. The van der Waals surface area contributed by atoms with E-state index in [9.17, 15) is 14.3 Å². The number of aliphatic hydroxyl groups is 1. The fourth-order valence-electron chi connectivity index (χ4n) is 1.96. The Balaban J connectivity index is 1.74. The quantitative estimate of drug-likeness (QED) is 0.865. The molecule has 20 heavy (non-hydrogen) atoms. The van der Waals surface area contributed by atoms with Gasteiger partial charge in [-0.1, -0.05) is 0 Å². The van der Waals surface area contributed by atoms with Crippen LogP contribution in [0.25, 0.3) is 0 Å². The van der Waals surface area contributed by atoms with E-state index in [4.69, 9.17) is 4.74 Å². The number of thioether (sulfide) groups is 1. The van der Waals surface area contributed by atoms with Gasteiger partial charge >= 0.3 is 0 Å². The molecule has 1 heterocycles. The number of aliphatic hydroxyl groups excluding tert-OH is 1. The lowest BCUT2D eigenvalue weighted by Crippen LogP contribution is -2.58. The first-order valence-electron chi connectivity index (χ1n) is 6.48. The highest BCUT2D eigenvalue weighted by Gasteiger charge is 2.34. The molecule has 0 saturated carbocycles. The van der Waals surface area contributed by atoms with Crippen molar-refractivity contribution in [3.05, 3.63) is 30.1 Å². The molecule has 0 aliphatic carbocycles. The summed E-state index contributed by atoms with van der Waals surface area (Å²) in [5, 5.41) is 9.70. The molecule has 110 valence electrons. The predicted molar refractivity (Wildman–Crippen MR) is 76.4 cm³/mol. The normalized spacial score (nSPS) is 16.6. The number of rotatable bonds is 6. The van der Waals surface area contributed by atoms with Gasteiger partial charge in [-0.2, -0.15) is 11.8 Å². The van der Waals surface area contributed by atoms with Crippen molar-refractivity contribution in [1.29, 1.82) is 0 Å². The van der Waals surface area contributed by atoms with E-state index in [0.717, 1.165) is 5.75 Å². The topological polar surface area (TPSA) is 49.8 Å². The van der Waals surface area contributed by atoms with E-state index in [1.54, 1.807) is 28.8 Å². The molecule has 0 radical (unpaired) electrons. The molecular formula is C14H18FNO3S. The zero-order valence-electron chi connectivity index (χ0n) is 11.3. The average molecular weight is 299 g/mol. The number of halogens is 1. The van der Waals surface area contributed by atoms with Gasteiger partial charge < -0.3 is 14.7 Å². The molecular weight excluding hydrogens is 281 g/mol. The zero-order valence-corrected chi connectivity index (χ0v) is 12.1. The van der Waals surface area contributed by atoms with Crippen LogP contribution in [0.3, 0.4) is 0 Å². The van der Waals surface area contributed by atoms with Crippen LogP contribution in [0.4, 0.5) is 4.39 Å². The van der Waals surface area contributed by atoms with Crippen LogP contribution in [0, 0.1) is 5.82 Å². The number of benzene rings is 1. The van der Waals surface area contributed by atoms with Crippen LogP contribution in [-0.4, -0.2) is 53.2 Å². The number of hydrogen-bond donors (Lipinski definition) is 1. The van der Waals surface area contributed by atoms with E-state index < -0.39 is 6.10 Å². The summed E-state index contributed by atoms with van der Waals surface area (Å²) in [6.07, 6.45) is 1.40. The van der Waals surface area contributed by atoms with Crippen molar-refractivity contribution in [3.63, 3.8) is 0 Å². The first-order chi connectivity index (χ1) is 9.60. The SMILES string of the molecule is CSCC[C@@H](O)C(=O)N1CC(Oc2ccc(F)cc2)C1. The maximum Gasteiger partial charge on any atom is 0.251 e. The molecule has 1 aromatic carbocycles. The third kappa shape index (κ3) is 3.86. The molecule has 4 nitrogen and oxygen atoms in total. The molecule has 6 heteroatoms. The third-order valence-electron chi connectivity index (χ3n) is 3.16. The molecule has 1 atom stereocenters. The lowest BCUT2D eigenvalue weighted by molar-refractivity contribution is -0.149. The monoisotopic (exact) mass is 299 g/mol. The molecule has 1 aliphatic heterocycles. The number of likely N-dealkylation sites (tertiary alicyclic amines) is 1. The first kappa shape index (κ1) is 15.1. The standard InChI is InChI=1S/C14H18FNO3S/c1-20-7-6-13(17)14(18)16-8-12(9-16)19-11-4-2-10(15)3-5-11/h2-5,12-13,17H,6-9H2,1H3/t13-/m1/s1. The van der Waals surface area contributed by atoms with E-state index in [1.165, 1.54) is 12.1 Å². The Bertz CT molecular complexity index is 448. The molecule has 0 spiro atoms. The highest BCUT2D eigenvalue weighted by atomic mass is 32.2. The number of carbonyl (C=O) groups excluding carboxylic acids is 1. The van der Waals surface area contributed by atoms with Crippen molar-refractivity contribution >= 4 is 17.7 Å². The van der Waals surface area contributed by atoms with Gasteiger partial charge in [-0.25, -0.2) is 4.39 Å². The molecule has 1 aliphatic rings. The van der Waals surface area contributed by atoms with Gasteiger partial charge in [0.15, 0.2) is 0 Å². The molecule has 1 amide bonds. The Morgan fingerprint density at radius 1 is 1.50 bits per heavy atom. The summed E-state index contributed by atoms with van der Waals surface area (Å²) in [6, 6.07) is 5.80. The molecule has 0 aromatic heterocycles. The van der Waals surface area contributed by atoms with Gasteiger partial charge in [0.05, 0.1) is 13.1 Å². The van der Waals surface area contributed by atoms with Gasteiger partial charge in [0.25, 0.3) is 5.91 Å². The minimum absolute atomic E-state index is 0.0860. The van der Waals surface area contributed by atoms with Crippen LogP contribution >= 0.6 is 11.8 Å².